The monoisotopic (exact) mass is 1020 g/mol. The van der Waals surface area contributed by atoms with Crippen LogP contribution >= 0.6 is 0 Å². The van der Waals surface area contributed by atoms with E-state index in [1.54, 1.807) is 0 Å². The average Bonchev–Trinajstić information content (AvgIpc) is 3.25. The maximum atomic E-state index is 13.1. The van der Waals surface area contributed by atoms with Crippen molar-refractivity contribution in [2.24, 2.45) is 0 Å². The summed E-state index contributed by atoms with van der Waals surface area (Å²) in [4.78, 5) is 13.1. The van der Waals surface area contributed by atoms with Gasteiger partial charge in [-0.3, -0.25) is 13.2 Å². The molecule has 0 aliphatic carbocycles. The number of carbonyl (C=O) groups excluding carboxylic acids is 1. The molecule has 1 amide bonds. The van der Waals surface area contributed by atoms with Crippen LogP contribution in [-0.4, -0.2) is 103 Å². The molecule has 15 nitrogen and oxygen atoms in total. The number of aliphatic hydroxyl groups excluding tert-OH is 3. The summed E-state index contributed by atoms with van der Waals surface area (Å²) in [5.41, 5.74) is 0. The van der Waals surface area contributed by atoms with E-state index in [4.69, 9.17) is 9.47 Å². The summed E-state index contributed by atoms with van der Waals surface area (Å²) in [6.07, 6.45) is 31.1. The van der Waals surface area contributed by atoms with Gasteiger partial charge in [0.1, 0.15) is 24.4 Å². The van der Waals surface area contributed by atoms with Crippen molar-refractivity contribution >= 4 is 26.7 Å². The molecular weight excluding hydrogens is 925 g/mol. The fourth-order valence-electron chi connectivity index (χ4n) is 8.60. The normalized spacial score (nSPS) is 19.7. The third-order valence-electron chi connectivity index (χ3n) is 12.6. The molecule has 1 heterocycles. The van der Waals surface area contributed by atoms with Gasteiger partial charge in [-0.25, -0.2) is 16.8 Å². The summed E-state index contributed by atoms with van der Waals surface area (Å²) in [6.45, 7) is 2.90. The minimum atomic E-state index is -5.49. The Hall–Kier alpha value is 1.01. The standard InChI is InChI=1S/C48H95NO14S2.2Na/c1-3-5-7-9-11-13-15-17-18-19-20-21-22-23-24-26-28-30-32-34-36-38-44(51)49-41(42(50)37-35-33-31-29-27-25-16-14-12-10-8-6-4-2)39-60-48-46(53)45(52)47(63-65(57,58)59)43(62-48)40-61-64(54,55)56;;/h41-43,45-48,50,52-53H,3-40H2,1-2H3,(H,49,51)(H,54,55,56)(H,57,58,59);;/q;2*+1/p-2/t41-,42+,43+,45+,46+,47-,48+;;/m0../s1. The topological polar surface area (TPSA) is 241 Å². The zero-order valence-electron chi connectivity index (χ0n) is 42.6. The van der Waals surface area contributed by atoms with Crippen molar-refractivity contribution in [2.45, 2.75) is 288 Å². The van der Waals surface area contributed by atoms with Crippen molar-refractivity contribution in [1.29, 1.82) is 0 Å². The number of amides is 1. The molecule has 0 unspecified atom stereocenters. The molecule has 1 aliphatic rings. The molecule has 0 bridgehead atoms. The van der Waals surface area contributed by atoms with E-state index in [-0.39, 0.29) is 71.4 Å². The zero-order valence-corrected chi connectivity index (χ0v) is 48.2. The van der Waals surface area contributed by atoms with Crippen LogP contribution < -0.4 is 64.4 Å². The minimum Gasteiger partial charge on any atom is -0.726 e. The second-order valence-corrected chi connectivity index (χ2v) is 20.7. The second-order valence-electron chi connectivity index (χ2n) is 18.6. The van der Waals surface area contributed by atoms with Gasteiger partial charge in [0.05, 0.1) is 25.4 Å². The van der Waals surface area contributed by atoms with Gasteiger partial charge in [-0.15, -0.1) is 0 Å². The number of ether oxygens (including phenoxy) is 2. The summed E-state index contributed by atoms with van der Waals surface area (Å²) in [5.74, 6) is -0.299. The van der Waals surface area contributed by atoms with E-state index in [1.807, 2.05) is 0 Å². The molecule has 0 aromatic carbocycles. The van der Waals surface area contributed by atoms with Crippen LogP contribution in [0.2, 0.25) is 0 Å². The predicted molar refractivity (Wildman–Crippen MR) is 252 cm³/mol. The Bertz CT molecular complexity index is 1350. The molecule has 1 fully saturated rings. The molecule has 1 saturated heterocycles. The first kappa shape index (κ1) is 70.1. The van der Waals surface area contributed by atoms with Gasteiger partial charge < -0.3 is 39.2 Å². The Morgan fingerprint density at radius 1 is 0.567 bits per heavy atom. The first-order valence-corrected chi connectivity index (χ1v) is 28.7. The van der Waals surface area contributed by atoms with E-state index >= 15 is 0 Å². The molecule has 7 atom stereocenters. The van der Waals surface area contributed by atoms with Gasteiger partial charge in [0.15, 0.2) is 6.29 Å². The van der Waals surface area contributed by atoms with Crippen molar-refractivity contribution in [2.75, 3.05) is 13.2 Å². The van der Waals surface area contributed by atoms with Crippen molar-refractivity contribution in [3.8, 4) is 0 Å². The van der Waals surface area contributed by atoms with Crippen molar-refractivity contribution in [3.05, 3.63) is 0 Å². The van der Waals surface area contributed by atoms with E-state index in [0.29, 0.717) is 19.3 Å². The fourth-order valence-corrected chi connectivity index (χ4v) is 9.41. The summed E-state index contributed by atoms with van der Waals surface area (Å²) in [5, 5.41) is 35.4. The van der Waals surface area contributed by atoms with Crippen molar-refractivity contribution in [1.82, 2.24) is 5.32 Å². The number of nitrogens with one attached hydrogen (secondary N) is 1. The largest absolute Gasteiger partial charge is 1.00 e. The van der Waals surface area contributed by atoms with Crippen molar-refractivity contribution < 1.29 is 123 Å². The molecule has 1 rings (SSSR count). The first-order valence-electron chi connectivity index (χ1n) is 26.0. The maximum Gasteiger partial charge on any atom is 1.00 e. The third kappa shape index (κ3) is 41.1. The third-order valence-corrected chi connectivity index (χ3v) is 13.5. The fraction of sp³-hybridized carbons (Fsp3) is 0.979. The van der Waals surface area contributed by atoms with E-state index in [2.05, 4.69) is 27.5 Å². The Labute approximate surface area is 452 Å². The smallest absolute Gasteiger partial charge is 0.726 e. The van der Waals surface area contributed by atoms with Crippen LogP contribution in [0.1, 0.15) is 245 Å². The number of hydrogen-bond donors (Lipinski definition) is 4. The average molecular weight is 1020 g/mol. The van der Waals surface area contributed by atoms with Crippen molar-refractivity contribution in [3.63, 3.8) is 0 Å². The Balaban J connectivity index is 0. The van der Waals surface area contributed by atoms with E-state index in [0.717, 1.165) is 38.5 Å². The van der Waals surface area contributed by atoms with Crippen LogP contribution in [0.15, 0.2) is 0 Å². The maximum absolute atomic E-state index is 13.1. The van der Waals surface area contributed by atoms with Gasteiger partial charge in [0.25, 0.3) is 0 Å². The Morgan fingerprint density at radius 2 is 0.925 bits per heavy atom. The summed E-state index contributed by atoms with van der Waals surface area (Å²) < 4.78 is 86.8. The molecule has 19 heteroatoms. The van der Waals surface area contributed by atoms with Gasteiger partial charge in [-0.05, 0) is 12.8 Å². The molecule has 0 aromatic rings. The van der Waals surface area contributed by atoms with Crippen LogP contribution in [0.5, 0.6) is 0 Å². The van der Waals surface area contributed by atoms with Crippen LogP contribution in [0.25, 0.3) is 0 Å². The number of rotatable bonds is 46. The Morgan fingerprint density at radius 3 is 1.28 bits per heavy atom. The summed E-state index contributed by atoms with van der Waals surface area (Å²) in [7, 11) is -10.8. The van der Waals surface area contributed by atoms with Gasteiger partial charge >= 0.3 is 59.1 Å². The molecule has 4 N–H and O–H groups in total. The molecule has 0 spiro atoms. The number of carbonyl (C=O) groups is 1. The SMILES string of the molecule is CCCCCCCCCCCCCCCCCCCCCCCC(=O)N[C@@H](CO[C@@H]1O[C@H](COS(=O)(=O)[O-])[C@H](OS(=O)(=O)[O-])[C@H](O)[C@H]1O)[C@H](O)CCCCCCCCCCCCCCC.[Na+].[Na+]. The molecule has 67 heavy (non-hydrogen) atoms. The molecule has 388 valence electrons. The second kappa shape index (κ2) is 45.6. The van der Waals surface area contributed by atoms with Crippen LogP contribution in [0.4, 0.5) is 0 Å². The van der Waals surface area contributed by atoms with Crippen LogP contribution in [0.3, 0.4) is 0 Å². The minimum absolute atomic E-state index is 0. The van der Waals surface area contributed by atoms with E-state index in [9.17, 15) is 46.1 Å². The molecule has 0 aromatic heterocycles. The Kier molecular flexibility index (Phi) is 47.7. The van der Waals surface area contributed by atoms with E-state index in [1.165, 1.54) is 167 Å². The van der Waals surface area contributed by atoms with E-state index < -0.39 is 76.9 Å². The quantitative estimate of drug-likeness (QED) is 0.0294. The van der Waals surface area contributed by atoms with Gasteiger partial charge in [0.2, 0.25) is 26.7 Å². The summed E-state index contributed by atoms with van der Waals surface area (Å²) >= 11 is 0. The molecule has 0 saturated carbocycles. The zero-order chi connectivity index (χ0) is 48.0. The molecular formula is C48H93NNa2O14S2. The number of unbranched alkanes of at least 4 members (excludes halogenated alkanes) is 32. The molecule has 1 aliphatic heterocycles. The number of aliphatic hydroxyl groups is 3. The van der Waals surface area contributed by atoms with Gasteiger partial charge in [0, 0.05) is 6.42 Å². The molecule has 0 radical (unpaired) electrons. The van der Waals surface area contributed by atoms with Gasteiger partial charge in [-0.1, -0.05) is 226 Å². The van der Waals surface area contributed by atoms with Gasteiger partial charge in [-0.2, -0.15) is 0 Å². The number of hydrogen-bond acceptors (Lipinski definition) is 14. The van der Waals surface area contributed by atoms with Crippen LogP contribution in [-0.2, 0) is 43.4 Å². The predicted octanol–water partition coefficient (Wildman–Crippen LogP) is 3.71. The van der Waals surface area contributed by atoms with Crippen LogP contribution in [0, 0.1) is 0 Å². The first-order chi connectivity index (χ1) is 31.2. The summed E-state index contributed by atoms with van der Waals surface area (Å²) in [6, 6.07) is -0.963.